The van der Waals surface area contributed by atoms with Crippen LogP contribution in [0.3, 0.4) is 0 Å². The number of carbonyl (C=O) groups is 3. The van der Waals surface area contributed by atoms with Crippen molar-refractivity contribution in [3.63, 3.8) is 0 Å². The molecule has 0 spiro atoms. The molecule has 1 saturated carbocycles. The monoisotopic (exact) mass is 419 g/mol. The van der Waals surface area contributed by atoms with E-state index in [4.69, 9.17) is 0 Å². The van der Waals surface area contributed by atoms with Crippen LogP contribution < -0.4 is 0 Å². The van der Waals surface area contributed by atoms with Crippen LogP contribution in [0.15, 0.2) is 42.5 Å². The van der Waals surface area contributed by atoms with Gasteiger partial charge in [-0.05, 0) is 42.5 Å². The molecule has 2 saturated heterocycles. The number of hydrogen-bond acceptors (Lipinski definition) is 3. The molecule has 2 aromatic carbocycles. The molecule has 0 unspecified atom stereocenters. The van der Waals surface area contributed by atoms with Crippen LogP contribution in [-0.4, -0.2) is 71.7 Å². The molecule has 0 aromatic heterocycles. The number of hydrogen-bond donors (Lipinski definition) is 0. The summed E-state index contributed by atoms with van der Waals surface area (Å²) in [7, 11) is 0. The fourth-order valence-corrected chi connectivity index (χ4v) is 4.91. The Kier molecular flexibility index (Phi) is 5.38. The summed E-state index contributed by atoms with van der Waals surface area (Å²) < 4.78 is 0. The molecule has 0 N–H and O–H groups in total. The maximum absolute atomic E-state index is 13.1. The van der Waals surface area contributed by atoms with Crippen LogP contribution in [0.1, 0.15) is 36.0 Å². The largest absolute Gasteiger partial charge is 0.339 e. The number of piperazine rings is 1. The van der Waals surface area contributed by atoms with Crippen molar-refractivity contribution in [3.05, 3.63) is 48.0 Å². The normalized spacial score (nSPS) is 20.2. The summed E-state index contributed by atoms with van der Waals surface area (Å²) in [6.07, 6.45) is 3.45. The molecule has 31 heavy (non-hydrogen) atoms. The predicted molar refractivity (Wildman–Crippen MR) is 118 cm³/mol. The maximum Gasteiger partial charge on any atom is 0.254 e. The third kappa shape index (κ3) is 4.03. The molecule has 2 heterocycles. The number of fused-ring (bicyclic) bond motifs is 1. The smallest absolute Gasteiger partial charge is 0.254 e. The summed E-state index contributed by atoms with van der Waals surface area (Å²) in [5.41, 5.74) is 0.735. The van der Waals surface area contributed by atoms with Crippen molar-refractivity contribution in [3.8, 4) is 0 Å². The van der Waals surface area contributed by atoms with Crippen LogP contribution in [0.2, 0.25) is 0 Å². The second-order valence-electron chi connectivity index (χ2n) is 9.02. The Morgan fingerprint density at radius 3 is 1.77 bits per heavy atom. The minimum absolute atomic E-state index is 0.0257. The summed E-state index contributed by atoms with van der Waals surface area (Å²) >= 11 is 0. The van der Waals surface area contributed by atoms with Gasteiger partial charge in [0.15, 0.2) is 0 Å². The topological polar surface area (TPSA) is 60.9 Å². The van der Waals surface area contributed by atoms with Crippen molar-refractivity contribution in [2.24, 2.45) is 11.8 Å². The van der Waals surface area contributed by atoms with Crippen molar-refractivity contribution in [1.82, 2.24) is 14.7 Å². The van der Waals surface area contributed by atoms with Gasteiger partial charge in [0.1, 0.15) is 0 Å². The maximum atomic E-state index is 13.1. The highest BCUT2D eigenvalue weighted by Crippen LogP contribution is 2.31. The van der Waals surface area contributed by atoms with Gasteiger partial charge in [-0.25, -0.2) is 0 Å². The molecule has 2 aromatic rings. The highest BCUT2D eigenvalue weighted by molar-refractivity contribution is 6.07. The van der Waals surface area contributed by atoms with E-state index >= 15 is 0 Å². The molecule has 3 amide bonds. The number of likely N-dealkylation sites (tertiary alicyclic amines) is 1. The van der Waals surface area contributed by atoms with Crippen molar-refractivity contribution in [1.29, 1.82) is 0 Å². The quantitative estimate of drug-likeness (QED) is 0.769. The molecule has 2 aliphatic heterocycles. The van der Waals surface area contributed by atoms with Crippen LogP contribution in [0.4, 0.5) is 0 Å². The third-order valence-electron chi connectivity index (χ3n) is 6.98. The van der Waals surface area contributed by atoms with Gasteiger partial charge in [-0.1, -0.05) is 36.4 Å². The first kappa shape index (κ1) is 20.0. The second-order valence-corrected chi connectivity index (χ2v) is 9.02. The molecule has 162 valence electrons. The molecule has 1 aliphatic carbocycles. The molecule has 5 rings (SSSR count). The standard InChI is InChI=1S/C25H29N3O3/c29-23(19-8-9-19)27-14-16-28(17-15-27)24(30)20-10-12-26(13-11-20)25(31)22-7-3-5-18-4-1-2-6-21(18)22/h1-7,19-20H,8-17H2. The lowest BCUT2D eigenvalue weighted by molar-refractivity contribution is -0.143. The summed E-state index contributed by atoms with van der Waals surface area (Å²) in [5.74, 6) is 0.728. The van der Waals surface area contributed by atoms with Crippen molar-refractivity contribution in [2.45, 2.75) is 25.7 Å². The Balaban J connectivity index is 1.16. The number of amides is 3. The van der Waals surface area contributed by atoms with E-state index in [1.54, 1.807) is 0 Å². The average Bonchev–Trinajstić information content (AvgIpc) is 3.68. The molecule has 6 nitrogen and oxygen atoms in total. The average molecular weight is 420 g/mol. The molecule has 6 heteroatoms. The molecular weight excluding hydrogens is 390 g/mol. The van der Waals surface area contributed by atoms with Crippen LogP contribution in [0, 0.1) is 11.8 Å². The van der Waals surface area contributed by atoms with Gasteiger partial charge in [-0.2, -0.15) is 0 Å². The van der Waals surface area contributed by atoms with Crippen LogP contribution >= 0.6 is 0 Å². The molecule has 0 radical (unpaired) electrons. The minimum Gasteiger partial charge on any atom is -0.339 e. The van der Waals surface area contributed by atoms with E-state index in [9.17, 15) is 14.4 Å². The zero-order valence-electron chi connectivity index (χ0n) is 17.8. The van der Waals surface area contributed by atoms with Crippen molar-refractivity contribution >= 4 is 28.5 Å². The fourth-order valence-electron chi connectivity index (χ4n) is 4.91. The van der Waals surface area contributed by atoms with Crippen LogP contribution in [0.25, 0.3) is 10.8 Å². The van der Waals surface area contributed by atoms with Gasteiger partial charge in [-0.15, -0.1) is 0 Å². The number of rotatable bonds is 3. The first-order valence-corrected chi connectivity index (χ1v) is 11.5. The lowest BCUT2D eigenvalue weighted by atomic mass is 9.94. The van der Waals surface area contributed by atoms with Crippen molar-refractivity contribution in [2.75, 3.05) is 39.3 Å². The predicted octanol–water partition coefficient (Wildman–Crippen LogP) is 2.77. The van der Waals surface area contributed by atoms with E-state index in [0.717, 1.165) is 29.2 Å². The zero-order chi connectivity index (χ0) is 21.4. The number of nitrogens with zero attached hydrogens (tertiary/aromatic N) is 3. The Bertz CT molecular complexity index is 995. The summed E-state index contributed by atoms with van der Waals surface area (Å²) in [4.78, 5) is 44.1. The SMILES string of the molecule is O=C(c1cccc2ccccc12)N1CCC(C(=O)N2CCN(C(=O)C3CC3)CC2)CC1. The zero-order valence-corrected chi connectivity index (χ0v) is 17.8. The molecular formula is C25H29N3O3. The van der Waals surface area contributed by atoms with E-state index in [2.05, 4.69) is 0 Å². The molecule has 3 aliphatic rings. The van der Waals surface area contributed by atoms with E-state index in [0.29, 0.717) is 52.1 Å². The Hall–Kier alpha value is -2.89. The minimum atomic E-state index is -0.0257. The first-order chi connectivity index (χ1) is 15.1. The lowest BCUT2D eigenvalue weighted by Gasteiger charge is -2.38. The molecule has 0 bridgehead atoms. The van der Waals surface area contributed by atoms with Gasteiger partial charge < -0.3 is 14.7 Å². The van der Waals surface area contributed by atoms with Crippen molar-refractivity contribution < 1.29 is 14.4 Å². The highest BCUT2D eigenvalue weighted by Gasteiger charge is 2.36. The highest BCUT2D eigenvalue weighted by atomic mass is 16.2. The third-order valence-corrected chi connectivity index (χ3v) is 6.98. The van der Waals surface area contributed by atoms with E-state index in [-0.39, 0.29) is 29.6 Å². The number of piperidine rings is 1. The summed E-state index contributed by atoms with van der Waals surface area (Å²) in [6, 6.07) is 13.8. The van der Waals surface area contributed by atoms with E-state index in [1.807, 2.05) is 57.2 Å². The Labute approximate surface area is 182 Å². The number of carbonyl (C=O) groups excluding carboxylic acids is 3. The Morgan fingerprint density at radius 2 is 1.16 bits per heavy atom. The Morgan fingerprint density at radius 1 is 0.613 bits per heavy atom. The number of benzene rings is 2. The van der Waals surface area contributed by atoms with Crippen LogP contribution in [-0.2, 0) is 9.59 Å². The van der Waals surface area contributed by atoms with Gasteiger partial charge in [0.2, 0.25) is 11.8 Å². The van der Waals surface area contributed by atoms with Gasteiger partial charge in [0, 0.05) is 56.7 Å². The van der Waals surface area contributed by atoms with E-state index < -0.39 is 0 Å². The summed E-state index contributed by atoms with van der Waals surface area (Å²) in [5, 5.41) is 2.05. The first-order valence-electron chi connectivity index (χ1n) is 11.5. The van der Waals surface area contributed by atoms with Crippen LogP contribution in [0.5, 0.6) is 0 Å². The van der Waals surface area contributed by atoms with E-state index in [1.165, 1.54) is 0 Å². The molecule has 3 fully saturated rings. The van der Waals surface area contributed by atoms with Gasteiger partial charge >= 0.3 is 0 Å². The summed E-state index contributed by atoms with van der Waals surface area (Å²) in [6.45, 7) is 3.79. The molecule has 0 atom stereocenters. The van der Waals surface area contributed by atoms with Gasteiger partial charge in [0.25, 0.3) is 5.91 Å². The van der Waals surface area contributed by atoms with Gasteiger partial charge in [-0.3, -0.25) is 14.4 Å². The second kappa shape index (κ2) is 8.33. The van der Waals surface area contributed by atoms with Gasteiger partial charge in [0.05, 0.1) is 0 Å². The lowest BCUT2D eigenvalue weighted by Crippen LogP contribution is -2.53. The fraction of sp³-hybridized carbons (Fsp3) is 0.480.